The van der Waals surface area contributed by atoms with Gasteiger partial charge in [-0.15, -0.1) is 0 Å². The number of amides is 1. The molecule has 0 unspecified atom stereocenters. The molecule has 0 spiro atoms. The molecule has 1 heterocycles. The zero-order valence-electron chi connectivity index (χ0n) is 13.1. The van der Waals surface area contributed by atoms with Crippen molar-refractivity contribution in [1.82, 2.24) is 4.90 Å². The molecule has 0 atom stereocenters. The van der Waals surface area contributed by atoms with Gasteiger partial charge in [0.15, 0.2) is 0 Å². The van der Waals surface area contributed by atoms with Crippen molar-refractivity contribution in [3.8, 4) is 0 Å². The van der Waals surface area contributed by atoms with Crippen molar-refractivity contribution >= 4 is 34.6 Å². The van der Waals surface area contributed by atoms with E-state index in [9.17, 15) is 4.79 Å². The SMILES string of the molecule is Cc1c(Cl)cccc1Nc1ccc(C(=O)N2CCCC2)cc1N. The van der Waals surface area contributed by atoms with Crippen molar-refractivity contribution in [2.24, 2.45) is 0 Å². The maximum absolute atomic E-state index is 12.4. The quantitative estimate of drug-likeness (QED) is 0.829. The lowest BCUT2D eigenvalue weighted by molar-refractivity contribution is 0.0793. The molecule has 0 aliphatic carbocycles. The van der Waals surface area contributed by atoms with E-state index in [1.165, 1.54) is 0 Å². The van der Waals surface area contributed by atoms with Crippen LogP contribution in [0, 0.1) is 6.92 Å². The molecule has 0 bridgehead atoms. The summed E-state index contributed by atoms with van der Waals surface area (Å²) in [7, 11) is 0. The molecule has 0 radical (unpaired) electrons. The highest BCUT2D eigenvalue weighted by atomic mass is 35.5. The minimum absolute atomic E-state index is 0.0553. The van der Waals surface area contributed by atoms with Gasteiger partial charge in [0, 0.05) is 29.4 Å². The number of nitrogens with two attached hydrogens (primary N) is 1. The molecule has 1 saturated heterocycles. The van der Waals surface area contributed by atoms with E-state index in [-0.39, 0.29) is 5.91 Å². The van der Waals surface area contributed by atoms with Crippen molar-refractivity contribution < 1.29 is 4.79 Å². The number of nitrogen functional groups attached to an aromatic ring is 1. The molecule has 0 aromatic heterocycles. The third kappa shape index (κ3) is 3.27. The van der Waals surface area contributed by atoms with Gasteiger partial charge in [0.1, 0.15) is 0 Å². The molecule has 2 aromatic rings. The van der Waals surface area contributed by atoms with Gasteiger partial charge < -0.3 is 16.0 Å². The van der Waals surface area contributed by atoms with E-state index < -0.39 is 0 Å². The normalized spacial score (nSPS) is 14.1. The van der Waals surface area contributed by atoms with Crippen molar-refractivity contribution in [2.45, 2.75) is 19.8 Å². The maximum Gasteiger partial charge on any atom is 0.253 e. The van der Waals surface area contributed by atoms with E-state index in [1.54, 1.807) is 6.07 Å². The van der Waals surface area contributed by atoms with Crippen molar-refractivity contribution in [3.63, 3.8) is 0 Å². The number of halogens is 1. The number of hydrogen-bond donors (Lipinski definition) is 2. The van der Waals surface area contributed by atoms with Gasteiger partial charge in [-0.2, -0.15) is 0 Å². The number of likely N-dealkylation sites (tertiary alicyclic amines) is 1. The van der Waals surface area contributed by atoms with E-state index in [1.807, 2.05) is 42.2 Å². The molecule has 23 heavy (non-hydrogen) atoms. The number of carbonyl (C=O) groups excluding carboxylic acids is 1. The fraction of sp³-hybridized carbons (Fsp3) is 0.278. The van der Waals surface area contributed by atoms with Crippen LogP contribution in [-0.4, -0.2) is 23.9 Å². The highest BCUT2D eigenvalue weighted by molar-refractivity contribution is 6.31. The summed E-state index contributed by atoms with van der Waals surface area (Å²) in [5.41, 5.74) is 9.96. The molecule has 4 nitrogen and oxygen atoms in total. The number of anilines is 3. The number of rotatable bonds is 3. The van der Waals surface area contributed by atoms with E-state index >= 15 is 0 Å². The summed E-state index contributed by atoms with van der Waals surface area (Å²) in [5, 5.41) is 3.99. The Kier molecular flexibility index (Phi) is 4.44. The Hall–Kier alpha value is -2.20. The van der Waals surface area contributed by atoms with Gasteiger partial charge in [-0.25, -0.2) is 0 Å². The van der Waals surface area contributed by atoms with Crippen LogP contribution in [-0.2, 0) is 0 Å². The lowest BCUT2D eigenvalue weighted by atomic mass is 10.1. The predicted octanol–water partition coefficient (Wildman–Crippen LogP) is 4.21. The molecule has 5 heteroatoms. The van der Waals surface area contributed by atoms with Crippen LogP contribution in [0.2, 0.25) is 5.02 Å². The second-order valence-corrected chi connectivity index (χ2v) is 6.25. The van der Waals surface area contributed by atoms with E-state index in [0.29, 0.717) is 16.3 Å². The average molecular weight is 330 g/mol. The Morgan fingerprint density at radius 3 is 2.61 bits per heavy atom. The Morgan fingerprint density at radius 2 is 1.91 bits per heavy atom. The van der Waals surface area contributed by atoms with Gasteiger partial charge in [-0.3, -0.25) is 4.79 Å². The van der Waals surface area contributed by atoms with Gasteiger partial charge in [0.2, 0.25) is 0 Å². The monoisotopic (exact) mass is 329 g/mol. The lowest BCUT2D eigenvalue weighted by Gasteiger charge is -2.17. The molecular weight excluding hydrogens is 310 g/mol. The van der Waals surface area contributed by atoms with Crippen LogP contribution < -0.4 is 11.1 Å². The summed E-state index contributed by atoms with van der Waals surface area (Å²) >= 11 is 6.14. The molecule has 120 valence electrons. The van der Waals surface area contributed by atoms with Crippen molar-refractivity contribution in [3.05, 3.63) is 52.5 Å². The van der Waals surface area contributed by atoms with Crippen LogP contribution in [0.4, 0.5) is 17.1 Å². The Morgan fingerprint density at radius 1 is 1.17 bits per heavy atom. The highest BCUT2D eigenvalue weighted by Gasteiger charge is 2.20. The van der Waals surface area contributed by atoms with Crippen LogP contribution >= 0.6 is 11.6 Å². The van der Waals surface area contributed by atoms with Gasteiger partial charge in [-0.05, 0) is 55.7 Å². The summed E-state index contributed by atoms with van der Waals surface area (Å²) < 4.78 is 0. The molecule has 3 rings (SSSR count). The van der Waals surface area contributed by atoms with Gasteiger partial charge in [0.25, 0.3) is 5.91 Å². The Labute approximate surface area is 141 Å². The van der Waals surface area contributed by atoms with E-state index in [2.05, 4.69) is 5.32 Å². The van der Waals surface area contributed by atoms with Crippen LogP contribution in [0.15, 0.2) is 36.4 Å². The first-order valence-electron chi connectivity index (χ1n) is 7.77. The van der Waals surface area contributed by atoms with Crippen LogP contribution in [0.5, 0.6) is 0 Å². The summed E-state index contributed by atoms with van der Waals surface area (Å²) in [6.07, 6.45) is 2.16. The van der Waals surface area contributed by atoms with Crippen LogP contribution in [0.25, 0.3) is 0 Å². The molecule has 0 saturated carbocycles. The fourth-order valence-electron chi connectivity index (χ4n) is 2.80. The summed E-state index contributed by atoms with van der Waals surface area (Å²) in [4.78, 5) is 14.3. The average Bonchev–Trinajstić information content (AvgIpc) is 3.07. The molecule has 1 fully saturated rings. The molecule has 1 aliphatic rings. The molecule has 1 amide bonds. The first-order chi connectivity index (χ1) is 11.1. The fourth-order valence-corrected chi connectivity index (χ4v) is 2.97. The summed E-state index contributed by atoms with van der Waals surface area (Å²) in [5.74, 6) is 0.0553. The topological polar surface area (TPSA) is 58.4 Å². The summed E-state index contributed by atoms with van der Waals surface area (Å²) in [6, 6.07) is 11.1. The van der Waals surface area contributed by atoms with Crippen LogP contribution in [0.3, 0.4) is 0 Å². The van der Waals surface area contributed by atoms with Gasteiger partial charge in [0.05, 0.1) is 11.4 Å². The first-order valence-corrected chi connectivity index (χ1v) is 8.15. The number of nitrogens with one attached hydrogen (secondary N) is 1. The zero-order valence-corrected chi connectivity index (χ0v) is 13.9. The second kappa shape index (κ2) is 6.50. The number of hydrogen-bond acceptors (Lipinski definition) is 3. The van der Waals surface area contributed by atoms with Crippen molar-refractivity contribution in [1.29, 1.82) is 0 Å². The molecular formula is C18H20ClN3O. The Bertz CT molecular complexity index is 739. The van der Waals surface area contributed by atoms with Crippen molar-refractivity contribution in [2.75, 3.05) is 24.1 Å². The smallest absolute Gasteiger partial charge is 0.253 e. The molecule has 2 aromatic carbocycles. The largest absolute Gasteiger partial charge is 0.397 e. The second-order valence-electron chi connectivity index (χ2n) is 5.84. The lowest BCUT2D eigenvalue weighted by Crippen LogP contribution is -2.27. The molecule has 1 aliphatic heterocycles. The van der Waals surface area contributed by atoms with Gasteiger partial charge in [-0.1, -0.05) is 17.7 Å². The maximum atomic E-state index is 12.4. The molecule has 3 N–H and O–H groups in total. The third-order valence-corrected chi connectivity index (χ3v) is 4.64. The summed E-state index contributed by atoms with van der Waals surface area (Å²) in [6.45, 7) is 3.62. The number of benzene rings is 2. The van der Waals surface area contributed by atoms with Crippen LogP contribution in [0.1, 0.15) is 28.8 Å². The number of nitrogens with zero attached hydrogens (tertiary/aromatic N) is 1. The standard InChI is InChI=1S/C18H20ClN3O/c1-12-14(19)5-4-6-16(12)21-17-8-7-13(11-15(17)20)18(23)22-9-2-3-10-22/h4-8,11,21H,2-3,9-10,20H2,1H3. The Balaban J connectivity index is 1.82. The third-order valence-electron chi connectivity index (χ3n) is 4.23. The zero-order chi connectivity index (χ0) is 16.4. The predicted molar refractivity (Wildman–Crippen MR) is 95.5 cm³/mol. The van der Waals surface area contributed by atoms with Gasteiger partial charge >= 0.3 is 0 Å². The first kappa shape index (κ1) is 15.7. The minimum Gasteiger partial charge on any atom is -0.397 e. The minimum atomic E-state index is 0.0553. The van der Waals surface area contributed by atoms with E-state index in [0.717, 1.165) is 42.9 Å². The number of carbonyl (C=O) groups is 1. The highest BCUT2D eigenvalue weighted by Crippen LogP contribution is 2.29. The van der Waals surface area contributed by atoms with E-state index in [4.69, 9.17) is 17.3 Å².